The number of halogens is 2. The first kappa shape index (κ1) is 16.2. The van der Waals surface area contributed by atoms with Gasteiger partial charge in [-0.15, -0.1) is 0 Å². The van der Waals surface area contributed by atoms with Gasteiger partial charge in [0.25, 0.3) is 0 Å². The largest absolute Gasteiger partial charge is 0.464 e. The van der Waals surface area contributed by atoms with Crippen molar-refractivity contribution < 1.29 is 24.8 Å². The van der Waals surface area contributed by atoms with E-state index in [4.69, 9.17) is 21.1 Å². The number of hydrogen-bond donors (Lipinski definition) is 3. The molecule has 0 aliphatic carbocycles. The monoisotopic (exact) mass is 391 g/mol. The summed E-state index contributed by atoms with van der Waals surface area (Å²) in [4.78, 5) is 4.31. The molecule has 0 amide bonds. The summed E-state index contributed by atoms with van der Waals surface area (Å²) in [6.45, 7) is 1.86. The number of nitrogens with zero attached hydrogens (tertiary/aromatic N) is 1. The molecule has 0 unspecified atom stereocenters. The Kier molecular flexibility index (Phi) is 4.46. The second-order valence-electron chi connectivity index (χ2n) is 5.29. The minimum absolute atomic E-state index is 0.269. The van der Waals surface area contributed by atoms with Gasteiger partial charge in [-0.2, -0.15) is 0 Å². The molecule has 0 radical (unpaired) electrons. The summed E-state index contributed by atoms with van der Waals surface area (Å²) in [5.41, 5.74) is 0. The highest BCUT2D eigenvalue weighted by molar-refractivity contribution is 9.10. The zero-order valence-electron chi connectivity index (χ0n) is 11.6. The van der Waals surface area contributed by atoms with Gasteiger partial charge in [0.15, 0.2) is 0 Å². The van der Waals surface area contributed by atoms with Crippen LogP contribution in [0, 0.1) is 0 Å². The van der Waals surface area contributed by atoms with Crippen LogP contribution in [0.3, 0.4) is 0 Å². The summed E-state index contributed by atoms with van der Waals surface area (Å²) in [5, 5.41) is 31.3. The Morgan fingerprint density at radius 2 is 2.00 bits per heavy atom. The highest BCUT2D eigenvalue weighted by Gasteiger charge is 2.43. The smallest absolute Gasteiger partial charge is 0.228 e. The molecule has 1 fully saturated rings. The minimum atomic E-state index is -1.37. The zero-order valence-corrected chi connectivity index (χ0v) is 14.0. The van der Waals surface area contributed by atoms with E-state index in [9.17, 15) is 15.3 Å². The van der Waals surface area contributed by atoms with Crippen molar-refractivity contribution >= 4 is 33.3 Å². The van der Waals surface area contributed by atoms with E-state index >= 15 is 0 Å². The Morgan fingerprint density at radius 3 is 2.73 bits per heavy atom. The minimum Gasteiger partial charge on any atom is -0.464 e. The van der Waals surface area contributed by atoms with Gasteiger partial charge in [0, 0.05) is 4.47 Å². The first-order valence-corrected chi connectivity index (χ1v) is 7.95. The molecule has 2 aliphatic heterocycles. The van der Waals surface area contributed by atoms with Gasteiger partial charge in [-0.05, 0) is 35.0 Å². The number of hydrogen-bond acceptors (Lipinski definition) is 6. The van der Waals surface area contributed by atoms with E-state index < -0.39 is 30.7 Å². The van der Waals surface area contributed by atoms with Gasteiger partial charge in [0.2, 0.25) is 6.29 Å². The van der Waals surface area contributed by atoms with E-state index in [0.717, 1.165) is 0 Å². The van der Waals surface area contributed by atoms with Gasteiger partial charge in [-0.25, -0.2) is 0 Å². The van der Waals surface area contributed by atoms with Gasteiger partial charge in [-0.1, -0.05) is 11.6 Å². The molecule has 6 nitrogen and oxygen atoms in total. The standard InChI is InChI=1S/C14H15BrClNO5/c1-5-11(18)12(19)13(20)14(21-5)22-8-4-17-7-3-2-6(15)10(16)9(7)8/h2-3,5,11-14,18-20H,4H2,1H3/t5-,11+,12+,13+,14+/m1/s1. The van der Waals surface area contributed by atoms with Crippen LogP contribution in [0.5, 0.6) is 0 Å². The van der Waals surface area contributed by atoms with Gasteiger partial charge >= 0.3 is 0 Å². The molecule has 0 aromatic heterocycles. The molecule has 0 saturated carbocycles. The van der Waals surface area contributed by atoms with Crippen LogP contribution >= 0.6 is 27.5 Å². The Labute approximate surface area is 139 Å². The molecule has 5 atom stereocenters. The normalized spacial score (nSPS) is 34.3. The van der Waals surface area contributed by atoms with E-state index in [-0.39, 0.29) is 6.54 Å². The first-order valence-electron chi connectivity index (χ1n) is 6.78. The fourth-order valence-electron chi connectivity index (χ4n) is 2.52. The van der Waals surface area contributed by atoms with Crippen molar-refractivity contribution in [2.75, 3.05) is 6.54 Å². The van der Waals surface area contributed by atoms with E-state index in [1.54, 1.807) is 19.1 Å². The third-order valence-electron chi connectivity index (χ3n) is 3.81. The van der Waals surface area contributed by atoms with Crippen LogP contribution in [-0.2, 0) is 9.47 Å². The van der Waals surface area contributed by atoms with Crippen molar-refractivity contribution in [3.05, 3.63) is 32.2 Å². The second kappa shape index (κ2) is 6.07. The molecule has 0 spiro atoms. The molecule has 22 heavy (non-hydrogen) atoms. The zero-order chi connectivity index (χ0) is 16.0. The number of benzene rings is 1. The van der Waals surface area contributed by atoms with Crippen LogP contribution in [0.15, 0.2) is 21.6 Å². The number of rotatable bonds is 2. The van der Waals surface area contributed by atoms with Gasteiger partial charge < -0.3 is 24.8 Å². The number of ether oxygens (including phenoxy) is 2. The molecule has 1 saturated heterocycles. The van der Waals surface area contributed by atoms with Crippen molar-refractivity contribution in [1.82, 2.24) is 0 Å². The fraction of sp³-hybridized carbons (Fsp3) is 0.500. The topological polar surface area (TPSA) is 91.5 Å². The molecule has 2 aliphatic rings. The van der Waals surface area contributed by atoms with Crippen LogP contribution in [0.2, 0.25) is 5.02 Å². The second-order valence-corrected chi connectivity index (χ2v) is 6.53. The molecule has 2 heterocycles. The van der Waals surface area contributed by atoms with Gasteiger partial charge in [0.05, 0.1) is 28.2 Å². The number of aliphatic hydroxyl groups is 3. The molecule has 1 aromatic rings. The highest BCUT2D eigenvalue weighted by Crippen LogP contribution is 2.25. The predicted octanol–water partition coefficient (Wildman–Crippen LogP) is -0.312. The van der Waals surface area contributed by atoms with Gasteiger partial charge in [-0.3, -0.25) is 4.99 Å². The van der Waals surface area contributed by atoms with E-state index in [1.165, 1.54) is 0 Å². The maximum Gasteiger partial charge on any atom is 0.228 e. The first-order chi connectivity index (χ1) is 10.4. The lowest BCUT2D eigenvalue weighted by molar-refractivity contribution is -0.276. The Bertz CT molecular complexity index is 712. The predicted molar refractivity (Wildman–Crippen MR) is 81.6 cm³/mol. The van der Waals surface area contributed by atoms with Crippen molar-refractivity contribution in [1.29, 1.82) is 0 Å². The Balaban J connectivity index is 1.94. The van der Waals surface area contributed by atoms with Crippen LogP contribution in [-0.4, -0.2) is 52.6 Å². The highest BCUT2D eigenvalue weighted by atomic mass is 79.9. The molecule has 3 N–H and O–H groups in total. The third kappa shape index (κ3) is 2.66. The fourth-order valence-corrected chi connectivity index (χ4v) is 3.12. The van der Waals surface area contributed by atoms with Crippen LogP contribution in [0.4, 0.5) is 0 Å². The quantitative estimate of drug-likeness (QED) is 0.642. The van der Waals surface area contributed by atoms with E-state index in [2.05, 4.69) is 20.9 Å². The summed E-state index contributed by atoms with van der Waals surface area (Å²) in [5.74, 6) is 0.459. The summed E-state index contributed by atoms with van der Waals surface area (Å²) in [6, 6.07) is 3.60. The average molecular weight is 393 g/mol. The Hall–Kier alpha value is -0.700. The SMILES string of the molecule is C[C@H]1O[C@@H](OC2=c3c(Cl)c(Br)ccc3=NC2)[C@@H](O)[C@@H](O)[C@H]1O. The average Bonchev–Trinajstić information content (AvgIpc) is 2.90. The van der Waals surface area contributed by atoms with Crippen LogP contribution in [0.25, 0.3) is 5.76 Å². The summed E-state index contributed by atoms with van der Waals surface area (Å²) in [6.07, 6.45) is -5.64. The molecule has 8 heteroatoms. The van der Waals surface area contributed by atoms with Gasteiger partial charge in [0.1, 0.15) is 24.1 Å². The molecular formula is C14H15BrClNO5. The van der Waals surface area contributed by atoms with Crippen LogP contribution in [0.1, 0.15) is 6.92 Å². The summed E-state index contributed by atoms with van der Waals surface area (Å²) < 4.78 is 11.8. The van der Waals surface area contributed by atoms with Crippen molar-refractivity contribution in [3.8, 4) is 0 Å². The van der Waals surface area contributed by atoms with Crippen molar-refractivity contribution in [2.24, 2.45) is 4.99 Å². The maximum atomic E-state index is 10.0. The van der Waals surface area contributed by atoms with E-state index in [0.29, 0.717) is 25.8 Å². The lowest BCUT2D eigenvalue weighted by Crippen LogP contribution is -2.57. The molecular weight excluding hydrogens is 378 g/mol. The summed E-state index contributed by atoms with van der Waals surface area (Å²) in [7, 11) is 0. The number of fused-ring (bicyclic) bond motifs is 1. The maximum absolute atomic E-state index is 10.0. The Morgan fingerprint density at radius 1 is 1.27 bits per heavy atom. The molecule has 1 aromatic carbocycles. The summed E-state index contributed by atoms with van der Waals surface area (Å²) >= 11 is 9.61. The third-order valence-corrected chi connectivity index (χ3v) is 5.09. The lowest BCUT2D eigenvalue weighted by atomic mass is 10.00. The molecule has 3 rings (SSSR count). The van der Waals surface area contributed by atoms with Crippen molar-refractivity contribution in [2.45, 2.75) is 37.6 Å². The van der Waals surface area contributed by atoms with Crippen molar-refractivity contribution in [3.63, 3.8) is 0 Å². The molecule has 0 bridgehead atoms. The number of aliphatic hydroxyl groups excluding tert-OH is 3. The van der Waals surface area contributed by atoms with E-state index in [1.807, 2.05) is 0 Å². The van der Waals surface area contributed by atoms with Crippen LogP contribution < -0.4 is 10.6 Å². The molecule has 120 valence electrons. The lowest BCUT2D eigenvalue weighted by Gasteiger charge is -2.39.